The quantitative estimate of drug-likeness (QED) is 0.353. The Hall–Kier alpha value is -3.82. The smallest absolute Gasteiger partial charge is 0.319 e. The highest BCUT2D eigenvalue weighted by atomic mass is 32.2. The lowest BCUT2D eigenvalue weighted by Gasteiger charge is -2.41. The van der Waals surface area contributed by atoms with Crippen LogP contribution in [0.15, 0.2) is 41.7 Å². The molecule has 0 N–H and O–H groups in total. The van der Waals surface area contributed by atoms with Crippen molar-refractivity contribution in [1.82, 2.24) is 24.8 Å². The number of likely N-dealkylation sites (tertiary alicyclic amines) is 1. The lowest BCUT2D eigenvalue weighted by atomic mass is 9.99. The van der Waals surface area contributed by atoms with Crippen LogP contribution < -0.4 is 9.64 Å². The van der Waals surface area contributed by atoms with Gasteiger partial charge in [0.05, 0.1) is 23.9 Å². The number of hydrogen-bond acceptors (Lipinski definition) is 9. The number of carbonyl (C=O) groups excluding carboxylic acids is 1. The molecule has 5 heterocycles. The summed E-state index contributed by atoms with van der Waals surface area (Å²) in [6.45, 7) is 5.10. The molecule has 3 aliphatic rings. The van der Waals surface area contributed by atoms with Gasteiger partial charge in [-0.15, -0.1) is 11.8 Å². The number of rotatable bonds is 7. The lowest BCUT2D eigenvalue weighted by molar-refractivity contribution is -0.131. The maximum absolute atomic E-state index is 16.5. The van der Waals surface area contributed by atoms with Crippen molar-refractivity contribution in [2.45, 2.75) is 49.1 Å². The summed E-state index contributed by atoms with van der Waals surface area (Å²) >= 11 is 1.77. The van der Waals surface area contributed by atoms with Crippen LogP contribution in [-0.4, -0.2) is 88.3 Å². The van der Waals surface area contributed by atoms with Crippen LogP contribution in [0.2, 0.25) is 0 Å². The second-order valence-corrected chi connectivity index (χ2v) is 12.3. The average molecular weight is 606 g/mol. The minimum atomic E-state index is -1.07. The monoisotopic (exact) mass is 605 g/mol. The molecule has 1 aromatic carbocycles. The summed E-state index contributed by atoms with van der Waals surface area (Å²) in [5, 5.41) is 9.85. The van der Waals surface area contributed by atoms with Crippen LogP contribution in [0.4, 0.5) is 14.6 Å². The summed E-state index contributed by atoms with van der Waals surface area (Å²) in [4.78, 5) is 32.9. The molecule has 0 unspecified atom stereocenters. The molecule has 0 saturated carbocycles. The highest BCUT2D eigenvalue weighted by Gasteiger charge is 2.34. The summed E-state index contributed by atoms with van der Waals surface area (Å²) in [7, 11) is 2.05. The number of ether oxygens (including phenoxy) is 1. The number of nitrogens with zero attached hydrogens (tertiary/aromatic N) is 7. The summed E-state index contributed by atoms with van der Waals surface area (Å²) in [6.07, 6.45) is 5.51. The molecule has 224 valence electrons. The van der Waals surface area contributed by atoms with Crippen LogP contribution in [-0.2, 0) is 11.2 Å². The van der Waals surface area contributed by atoms with Gasteiger partial charge in [0.1, 0.15) is 23.6 Å². The van der Waals surface area contributed by atoms with E-state index in [0.29, 0.717) is 17.8 Å². The maximum Gasteiger partial charge on any atom is 0.319 e. The van der Waals surface area contributed by atoms with Crippen molar-refractivity contribution in [3.8, 4) is 23.3 Å². The molecule has 0 aliphatic carbocycles. The van der Waals surface area contributed by atoms with Crippen molar-refractivity contribution < 1.29 is 18.3 Å². The van der Waals surface area contributed by atoms with Crippen molar-refractivity contribution in [3.63, 3.8) is 0 Å². The molecule has 2 aromatic heterocycles. The third-order valence-electron chi connectivity index (χ3n) is 8.54. The van der Waals surface area contributed by atoms with E-state index in [9.17, 15) is 14.4 Å². The van der Waals surface area contributed by atoms with E-state index >= 15 is 4.39 Å². The number of fused-ring (bicyclic) bond motifs is 2. The lowest BCUT2D eigenvalue weighted by Crippen LogP contribution is -2.55. The van der Waals surface area contributed by atoms with E-state index in [4.69, 9.17) is 9.72 Å². The average Bonchev–Trinajstić information content (AvgIpc) is 3.44. The van der Waals surface area contributed by atoms with Gasteiger partial charge < -0.3 is 19.4 Å². The number of pyridine rings is 1. The number of nitriles is 1. The predicted octanol–water partition coefficient (Wildman–Crippen LogP) is 4.76. The first kappa shape index (κ1) is 29.3. The molecule has 43 heavy (non-hydrogen) atoms. The van der Waals surface area contributed by atoms with Gasteiger partial charge in [-0.05, 0) is 56.7 Å². The van der Waals surface area contributed by atoms with Gasteiger partial charge >= 0.3 is 6.01 Å². The van der Waals surface area contributed by atoms with Crippen LogP contribution in [0, 0.1) is 17.1 Å². The van der Waals surface area contributed by atoms with Crippen LogP contribution in [0.5, 0.6) is 6.01 Å². The number of hydrogen-bond donors (Lipinski definition) is 0. The first-order valence-corrected chi connectivity index (χ1v) is 15.6. The number of benzene rings is 1. The van der Waals surface area contributed by atoms with Crippen LogP contribution in [0.3, 0.4) is 0 Å². The fourth-order valence-electron chi connectivity index (χ4n) is 6.24. The second-order valence-electron chi connectivity index (χ2n) is 11.2. The summed E-state index contributed by atoms with van der Waals surface area (Å²) in [5.74, 6) is -1.03. The molecular weight excluding hydrogens is 572 g/mol. The highest BCUT2D eigenvalue weighted by Crippen LogP contribution is 2.39. The summed E-state index contributed by atoms with van der Waals surface area (Å²) < 4.78 is 36.4. The molecule has 6 rings (SSSR count). The molecule has 12 heteroatoms. The first-order chi connectivity index (χ1) is 20.9. The molecule has 3 aromatic rings. The minimum absolute atomic E-state index is 0.0101. The molecular formula is C31H33F2N7O2S. The van der Waals surface area contributed by atoms with Gasteiger partial charge in [0, 0.05) is 42.3 Å². The Balaban J connectivity index is 1.42. The van der Waals surface area contributed by atoms with Crippen molar-refractivity contribution >= 4 is 34.4 Å². The number of thioether (sulfide) groups is 1. The molecule has 1 amide bonds. The van der Waals surface area contributed by atoms with Gasteiger partial charge in [-0.25, -0.2) is 8.78 Å². The van der Waals surface area contributed by atoms with Crippen molar-refractivity contribution in [2.24, 2.45) is 0 Å². The van der Waals surface area contributed by atoms with Gasteiger partial charge in [-0.3, -0.25) is 9.78 Å². The number of amides is 1. The van der Waals surface area contributed by atoms with Crippen LogP contribution in [0.1, 0.15) is 31.2 Å². The number of piperazine rings is 1. The first-order valence-electron chi connectivity index (χ1n) is 14.6. The molecule has 2 saturated heterocycles. The zero-order chi connectivity index (χ0) is 30.1. The van der Waals surface area contributed by atoms with Crippen molar-refractivity contribution in [1.29, 1.82) is 5.26 Å². The maximum atomic E-state index is 16.5. The number of halogens is 2. The normalized spacial score (nSPS) is 20.6. The zero-order valence-electron chi connectivity index (χ0n) is 24.1. The molecule has 0 spiro atoms. The van der Waals surface area contributed by atoms with Gasteiger partial charge in [-0.1, -0.05) is 18.7 Å². The van der Waals surface area contributed by atoms with Gasteiger partial charge in [0.15, 0.2) is 11.6 Å². The van der Waals surface area contributed by atoms with Crippen molar-refractivity contribution in [3.05, 3.63) is 48.2 Å². The van der Waals surface area contributed by atoms with E-state index in [1.165, 1.54) is 4.90 Å². The third kappa shape index (κ3) is 5.76. The highest BCUT2D eigenvalue weighted by molar-refractivity contribution is 7.99. The number of anilines is 1. The molecule has 0 radical (unpaired) electrons. The van der Waals surface area contributed by atoms with Gasteiger partial charge in [0.2, 0.25) is 0 Å². The van der Waals surface area contributed by atoms with Crippen molar-refractivity contribution in [2.75, 3.05) is 50.5 Å². The molecule has 3 aliphatic heterocycles. The Morgan fingerprint density at radius 2 is 2.09 bits per heavy atom. The molecule has 2 fully saturated rings. The standard InChI is InChI=1S/C31H33F2N7O2S/c1-19(32)30(41)40-14-13-39(17-20(40)10-11-34)29-24-16-35-27(23-7-3-9-25-22(23)8-5-15-43-25)26(33)28(24)36-31(37-29)42-18-21-6-4-12-38(21)2/h3,7,9,16,20-21H,1,4-6,8,10,12-15,17-18H2,2H3/t20-,21-/m0/s1. The van der Waals surface area contributed by atoms with E-state index in [0.717, 1.165) is 54.0 Å². The fraction of sp³-hybridized carbons (Fsp3) is 0.452. The Labute approximate surface area is 253 Å². The Morgan fingerprint density at radius 1 is 1.23 bits per heavy atom. The largest absolute Gasteiger partial charge is 0.462 e. The Bertz CT molecular complexity index is 1610. The molecule has 9 nitrogen and oxygen atoms in total. The molecule has 0 bridgehead atoms. The predicted molar refractivity (Wildman–Crippen MR) is 161 cm³/mol. The van der Waals surface area contributed by atoms with E-state index < -0.39 is 23.6 Å². The number of aromatic nitrogens is 3. The van der Waals surface area contributed by atoms with Crippen LogP contribution in [0.25, 0.3) is 22.2 Å². The summed E-state index contributed by atoms with van der Waals surface area (Å²) in [5.41, 5.74) is 2.18. The van der Waals surface area contributed by atoms with Gasteiger partial charge in [-0.2, -0.15) is 15.2 Å². The van der Waals surface area contributed by atoms with E-state index in [-0.39, 0.29) is 49.3 Å². The second kappa shape index (κ2) is 12.4. The molecule has 2 atom stereocenters. The van der Waals surface area contributed by atoms with E-state index in [2.05, 4.69) is 33.6 Å². The zero-order valence-corrected chi connectivity index (χ0v) is 24.9. The Morgan fingerprint density at radius 3 is 2.86 bits per heavy atom. The van der Waals surface area contributed by atoms with Crippen LogP contribution >= 0.6 is 11.8 Å². The van der Waals surface area contributed by atoms with E-state index in [1.54, 1.807) is 18.0 Å². The number of likely N-dealkylation sites (N-methyl/N-ethyl adjacent to an activating group) is 1. The van der Waals surface area contributed by atoms with Gasteiger partial charge in [0.25, 0.3) is 5.91 Å². The fourth-order valence-corrected chi connectivity index (χ4v) is 7.31. The Kier molecular flexibility index (Phi) is 8.45. The summed E-state index contributed by atoms with van der Waals surface area (Å²) in [6, 6.07) is 7.63. The number of carbonyl (C=O) groups is 1. The van der Waals surface area contributed by atoms with E-state index in [1.807, 2.05) is 24.1 Å². The SMILES string of the molecule is C=C(F)C(=O)N1CCN(c2nc(OC[C@@H]3CCCN3C)nc3c(F)c(-c4cccc5c4CCCS5)ncc23)C[C@@H]1CC#N. The third-order valence-corrected chi connectivity index (χ3v) is 9.73. The minimum Gasteiger partial charge on any atom is -0.462 e. The topological polar surface area (TPSA) is 98.5 Å².